The van der Waals surface area contributed by atoms with Gasteiger partial charge in [0.05, 0.1) is 21.8 Å². The molecule has 0 aliphatic rings. The van der Waals surface area contributed by atoms with Crippen LogP contribution < -0.4 is 5.43 Å². The summed E-state index contributed by atoms with van der Waals surface area (Å²) >= 11 is 2.22. The first-order valence-electron chi connectivity index (χ1n) is 7.71. The summed E-state index contributed by atoms with van der Waals surface area (Å²) < 4.78 is 1.87. The highest BCUT2D eigenvalue weighted by molar-refractivity contribution is 7.99. The van der Waals surface area contributed by atoms with Crippen molar-refractivity contribution in [1.29, 1.82) is 0 Å². The van der Waals surface area contributed by atoms with Crippen molar-refractivity contribution < 1.29 is 9.72 Å². The molecule has 0 spiro atoms. The third-order valence-electron chi connectivity index (χ3n) is 3.32. The van der Waals surface area contributed by atoms with Crippen LogP contribution >= 0.6 is 23.1 Å². The van der Waals surface area contributed by atoms with E-state index in [9.17, 15) is 14.9 Å². The lowest BCUT2D eigenvalue weighted by Gasteiger charge is -2.07. The van der Waals surface area contributed by atoms with Crippen LogP contribution in [0, 0.1) is 17.0 Å². The number of para-hydroxylation sites is 1. The standard InChI is InChI=1S/C16H14N6O3S2/c1-11-18-20-16(21(11)12-5-3-2-4-6-12)26-10-14(23)19-17-9-13-7-8-15(27-13)22(24)25/h2-9H,10H2,1H3,(H,19,23)/b17-9-. The van der Waals surface area contributed by atoms with Gasteiger partial charge in [-0.05, 0) is 25.1 Å². The van der Waals surface area contributed by atoms with E-state index in [1.807, 2.05) is 41.8 Å². The van der Waals surface area contributed by atoms with Crippen LogP contribution in [0.25, 0.3) is 5.69 Å². The molecule has 0 bridgehead atoms. The zero-order valence-electron chi connectivity index (χ0n) is 14.1. The number of hydrazone groups is 1. The van der Waals surface area contributed by atoms with E-state index >= 15 is 0 Å². The van der Waals surface area contributed by atoms with Crippen molar-refractivity contribution in [3.63, 3.8) is 0 Å². The Bertz CT molecular complexity index is 983. The van der Waals surface area contributed by atoms with Gasteiger partial charge in [-0.25, -0.2) is 5.43 Å². The Morgan fingerprint density at radius 2 is 2.11 bits per heavy atom. The van der Waals surface area contributed by atoms with E-state index in [4.69, 9.17) is 0 Å². The van der Waals surface area contributed by atoms with Gasteiger partial charge >= 0.3 is 5.00 Å². The lowest BCUT2D eigenvalue weighted by Crippen LogP contribution is -2.19. The lowest BCUT2D eigenvalue weighted by atomic mass is 10.3. The Labute approximate surface area is 162 Å². The topological polar surface area (TPSA) is 115 Å². The maximum Gasteiger partial charge on any atom is 0.324 e. The first kappa shape index (κ1) is 18.7. The first-order valence-corrected chi connectivity index (χ1v) is 9.51. The number of carbonyl (C=O) groups is 1. The second kappa shape index (κ2) is 8.56. The zero-order chi connectivity index (χ0) is 19.2. The summed E-state index contributed by atoms with van der Waals surface area (Å²) in [4.78, 5) is 22.7. The number of aryl methyl sites for hydroxylation is 1. The van der Waals surface area contributed by atoms with Crippen LogP contribution in [0.5, 0.6) is 0 Å². The summed E-state index contributed by atoms with van der Waals surface area (Å²) in [5.41, 5.74) is 3.31. The number of rotatable bonds is 7. The second-order valence-corrected chi connectivity index (χ2v) is 7.25. The maximum atomic E-state index is 12.0. The average Bonchev–Trinajstić information content (AvgIpc) is 3.27. The fourth-order valence-corrected chi connectivity index (χ4v) is 3.63. The molecule has 2 aromatic heterocycles. The van der Waals surface area contributed by atoms with Gasteiger partial charge < -0.3 is 0 Å². The fourth-order valence-electron chi connectivity index (χ4n) is 2.15. The number of carbonyl (C=O) groups excluding carboxylic acids is 1. The second-order valence-electron chi connectivity index (χ2n) is 5.22. The Balaban J connectivity index is 1.57. The number of nitro groups is 1. The molecule has 0 saturated heterocycles. The highest BCUT2D eigenvalue weighted by Gasteiger charge is 2.13. The van der Waals surface area contributed by atoms with E-state index in [-0.39, 0.29) is 16.7 Å². The van der Waals surface area contributed by atoms with E-state index in [0.717, 1.165) is 22.8 Å². The van der Waals surface area contributed by atoms with Crippen molar-refractivity contribution in [2.45, 2.75) is 12.1 Å². The first-order chi connectivity index (χ1) is 13.0. The van der Waals surface area contributed by atoms with E-state index in [2.05, 4.69) is 20.7 Å². The van der Waals surface area contributed by atoms with Gasteiger partial charge in [-0.3, -0.25) is 19.5 Å². The average molecular weight is 402 g/mol. The summed E-state index contributed by atoms with van der Waals surface area (Å²) in [5.74, 6) is 0.511. The molecule has 0 saturated carbocycles. The normalized spacial score (nSPS) is 11.0. The van der Waals surface area contributed by atoms with Crippen LogP contribution in [-0.2, 0) is 4.79 Å². The Morgan fingerprint density at radius 1 is 1.33 bits per heavy atom. The molecular formula is C16H14N6O3S2. The Kier molecular flexibility index (Phi) is 5.94. The molecule has 9 nitrogen and oxygen atoms in total. The smallest absolute Gasteiger partial charge is 0.274 e. The minimum atomic E-state index is -0.470. The van der Waals surface area contributed by atoms with Crippen LogP contribution in [-0.4, -0.2) is 37.6 Å². The monoisotopic (exact) mass is 402 g/mol. The van der Waals surface area contributed by atoms with E-state index in [1.54, 1.807) is 6.07 Å². The number of nitrogens with one attached hydrogen (secondary N) is 1. The Hall–Kier alpha value is -3.05. The molecule has 138 valence electrons. The molecule has 0 fully saturated rings. The molecule has 2 heterocycles. The van der Waals surface area contributed by atoms with Gasteiger partial charge in [-0.1, -0.05) is 41.3 Å². The van der Waals surface area contributed by atoms with Gasteiger partial charge in [0.15, 0.2) is 5.16 Å². The van der Waals surface area contributed by atoms with E-state index in [0.29, 0.717) is 10.0 Å². The lowest BCUT2D eigenvalue weighted by molar-refractivity contribution is -0.380. The number of benzene rings is 1. The molecular weight excluding hydrogens is 388 g/mol. The van der Waals surface area contributed by atoms with Crippen LogP contribution in [0.1, 0.15) is 10.7 Å². The van der Waals surface area contributed by atoms with Crippen LogP contribution in [0.15, 0.2) is 52.7 Å². The van der Waals surface area contributed by atoms with E-state index in [1.165, 1.54) is 24.0 Å². The molecule has 0 aliphatic carbocycles. The van der Waals surface area contributed by atoms with Gasteiger partial charge in [0.1, 0.15) is 5.82 Å². The third-order valence-corrected chi connectivity index (χ3v) is 5.22. The van der Waals surface area contributed by atoms with Crippen molar-refractivity contribution in [2.75, 3.05) is 5.75 Å². The van der Waals surface area contributed by atoms with Crippen molar-refractivity contribution in [2.24, 2.45) is 5.10 Å². The van der Waals surface area contributed by atoms with Crippen LogP contribution in [0.2, 0.25) is 0 Å². The van der Waals surface area contributed by atoms with Gasteiger partial charge in [0, 0.05) is 11.8 Å². The van der Waals surface area contributed by atoms with Gasteiger partial charge in [-0.15, -0.1) is 10.2 Å². The molecule has 3 aromatic rings. The van der Waals surface area contributed by atoms with E-state index < -0.39 is 4.92 Å². The SMILES string of the molecule is Cc1nnc(SCC(=O)N/N=C\c2ccc([N+](=O)[O-])s2)n1-c1ccccc1. The number of nitrogens with zero attached hydrogens (tertiary/aromatic N) is 5. The number of amides is 1. The summed E-state index contributed by atoms with van der Waals surface area (Å²) in [6, 6.07) is 12.6. The molecule has 3 rings (SSSR count). The maximum absolute atomic E-state index is 12.0. The summed E-state index contributed by atoms with van der Waals surface area (Å²) in [5, 5.41) is 23.3. The number of thiophene rings is 1. The molecule has 0 aliphatic heterocycles. The highest BCUT2D eigenvalue weighted by atomic mass is 32.2. The molecule has 1 N–H and O–H groups in total. The molecule has 1 amide bonds. The molecule has 11 heteroatoms. The molecule has 27 heavy (non-hydrogen) atoms. The quantitative estimate of drug-likeness (QED) is 0.281. The minimum absolute atomic E-state index is 0.0222. The summed E-state index contributed by atoms with van der Waals surface area (Å²) in [6.45, 7) is 1.84. The summed E-state index contributed by atoms with van der Waals surface area (Å²) in [6.07, 6.45) is 1.37. The van der Waals surface area contributed by atoms with Crippen molar-refractivity contribution >= 4 is 40.2 Å². The van der Waals surface area contributed by atoms with Crippen molar-refractivity contribution in [3.05, 3.63) is 63.3 Å². The number of hydrogen-bond donors (Lipinski definition) is 1. The predicted octanol–water partition coefficient (Wildman–Crippen LogP) is 2.79. The molecule has 0 unspecified atom stereocenters. The number of thioether (sulfide) groups is 1. The Morgan fingerprint density at radius 3 is 2.81 bits per heavy atom. The van der Waals surface area contributed by atoms with Gasteiger partial charge in [0.2, 0.25) is 0 Å². The molecule has 1 aromatic carbocycles. The predicted molar refractivity (Wildman–Crippen MR) is 104 cm³/mol. The van der Waals surface area contributed by atoms with Crippen LogP contribution in [0.4, 0.5) is 5.00 Å². The summed E-state index contributed by atoms with van der Waals surface area (Å²) in [7, 11) is 0. The molecule has 0 radical (unpaired) electrons. The highest BCUT2D eigenvalue weighted by Crippen LogP contribution is 2.23. The van der Waals surface area contributed by atoms with Crippen molar-refractivity contribution in [1.82, 2.24) is 20.2 Å². The third kappa shape index (κ3) is 4.77. The number of hydrogen-bond acceptors (Lipinski definition) is 8. The van der Waals surface area contributed by atoms with Gasteiger partial charge in [0.25, 0.3) is 5.91 Å². The van der Waals surface area contributed by atoms with Gasteiger partial charge in [-0.2, -0.15) is 5.10 Å². The zero-order valence-corrected chi connectivity index (χ0v) is 15.7. The fraction of sp³-hybridized carbons (Fsp3) is 0.125. The number of aromatic nitrogens is 3. The minimum Gasteiger partial charge on any atom is -0.274 e. The molecule has 0 atom stereocenters. The van der Waals surface area contributed by atoms with Crippen molar-refractivity contribution in [3.8, 4) is 5.69 Å². The van der Waals surface area contributed by atoms with Crippen LogP contribution in [0.3, 0.4) is 0 Å². The largest absolute Gasteiger partial charge is 0.324 e.